The van der Waals surface area contributed by atoms with Gasteiger partial charge >= 0.3 is 0 Å². The summed E-state index contributed by atoms with van der Waals surface area (Å²) in [5.41, 5.74) is 2.12. The molecule has 2 N–H and O–H groups in total. The number of nitrogens with one attached hydrogen (secondary N) is 2. The summed E-state index contributed by atoms with van der Waals surface area (Å²) in [4.78, 5) is 12.7. The molecule has 0 radical (unpaired) electrons. The number of hydrogen-bond acceptors (Lipinski definition) is 3. The number of anilines is 1. The summed E-state index contributed by atoms with van der Waals surface area (Å²) in [6.07, 6.45) is 0.763. The van der Waals surface area contributed by atoms with Crippen LogP contribution in [0.1, 0.15) is 62.5 Å². The highest BCUT2D eigenvalue weighted by atomic mass is 35.5. The SMILES string of the molecule is Cc1ccc(NS(=O)(=O)c2cc(C(=O)NC(C)(C)CC(C)(C)C)ccc2Cl)c(C)c1. The lowest BCUT2D eigenvalue weighted by molar-refractivity contribution is 0.0891. The second kappa shape index (κ2) is 8.60. The number of aryl methyl sites for hydroxylation is 2. The van der Waals surface area contributed by atoms with Crippen LogP contribution in [0.25, 0.3) is 0 Å². The first-order valence-electron chi connectivity index (χ1n) is 9.82. The summed E-state index contributed by atoms with van der Waals surface area (Å²) in [6.45, 7) is 14.0. The molecule has 164 valence electrons. The molecule has 0 saturated heterocycles. The fraction of sp³-hybridized carbons (Fsp3) is 0.435. The highest BCUT2D eigenvalue weighted by Gasteiger charge is 2.28. The van der Waals surface area contributed by atoms with Gasteiger partial charge in [-0.1, -0.05) is 50.1 Å². The zero-order chi connectivity index (χ0) is 22.9. The van der Waals surface area contributed by atoms with E-state index in [4.69, 9.17) is 11.6 Å². The molecular weight excluding hydrogens is 420 g/mol. The lowest BCUT2D eigenvalue weighted by atomic mass is 9.81. The smallest absolute Gasteiger partial charge is 0.263 e. The van der Waals surface area contributed by atoms with Crippen LogP contribution in [0.4, 0.5) is 5.69 Å². The van der Waals surface area contributed by atoms with Gasteiger partial charge in [-0.3, -0.25) is 9.52 Å². The molecule has 2 aromatic carbocycles. The zero-order valence-corrected chi connectivity index (χ0v) is 20.3. The van der Waals surface area contributed by atoms with E-state index >= 15 is 0 Å². The predicted molar refractivity (Wildman–Crippen MR) is 124 cm³/mol. The molecule has 0 spiro atoms. The number of halogens is 1. The summed E-state index contributed by atoms with van der Waals surface area (Å²) < 4.78 is 28.5. The summed E-state index contributed by atoms with van der Waals surface area (Å²) in [7, 11) is -3.97. The van der Waals surface area contributed by atoms with E-state index in [0.29, 0.717) is 5.69 Å². The van der Waals surface area contributed by atoms with Gasteiger partial charge in [0.25, 0.3) is 15.9 Å². The summed E-state index contributed by atoms with van der Waals surface area (Å²) in [6, 6.07) is 9.71. The Hall–Kier alpha value is -2.05. The molecule has 0 aromatic heterocycles. The van der Waals surface area contributed by atoms with Crippen LogP contribution in [0.2, 0.25) is 5.02 Å². The molecule has 0 atom stereocenters. The van der Waals surface area contributed by atoms with Gasteiger partial charge in [-0.05, 0) is 69.4 Å². The molecule has 0 unspecified atom stereocenters. The van der Waals surface area contributed by atoms with Gasteiger partial charge < -0.3 is 5.32 Å². The minimum Gasteiger partial charge on any atom is -0.347 e. The fourth-order valence-electron chi connectivity index (χ4n) is 3.73. The average molecular weight is 451 g/mol. The number of hydrogen-bond donors (Lipinski definition) is 2. The number of benzene rings is 2. The fourth-order valence-corrected chi connectivity index (χ4v) is 5.39. The molecule has 0 saturated carbocycles. The molecule has 0 bridgehead atoms. The van der Waals surface area contributed by atoms with Gasteiger partial charge in [0.15, 0.2) is 0 Å². The van der Waals surface area contributed by atoms with E-state index in [1.54, 1.807) is 6.07 Å². The van der Waals surface area contributed by atoms with Gasteiger partial charge in [-0.25, -0.2) is 8.42 Å². The van der Waals surface area contributed by atoms with Gasteiger partial charge in [-0.2, -0.15) is 0 Å². The van der Waals surface area contributed by atoms with Crippen LogP contribution < -0.4 is 10.0 Å². The molecule has 0 fully saturated rings. The van der Waals surface area contributed by atoms with Crippen molar-refractivity contribution in [2.24, 2.45) is 5.41 Å². The zero-order valence-electron chi connectivity index (χ0n) is 18.7. The summed E-state index contributed by atoms with van der Waals surface area (Å²) in [5, 5.41) is 3.05. The molecule has 5 nitrogen and oxygen atoms in total. The summed E-state index contributed by atoms with van der Waals surface area (Å²) in [5.74, 6) is -0.344. The van der Waals surface area contributed by atoms with Crippen LogP contribution in [-0.2, 0) is 10.0 Å². The highest BCUT2D eigenvalue weighted by molar-refractivity contribution is 7.92. The molecule has 0 aliphatic rings. The van der Waals surface area contributed by atoms with Crippen molar-refractivity contribution in [3.05, 3.63) is 58.1 Å². The van der Waals surface area contributed by atoms with Crippen molar-refractivity contribution in [1.82, 2.24) is 5.32 Å². The third-order valence-corrected chi connectivity index (χ3v) is 6.38. The van der Waals surface area contributed by atoms with Gasteiger partial charge in [0.05, 0.1) is 10.7 Å². The molecule has 0 aliphatic carbocycles. The highest BCUT2D eigenvalue weighted by Crippen LogP contribution is 2.29. The van der Waals surface area contributed by atoms with Gasteiger partial charge in [0.2, 0.25) is 0 Å². The molecule has 7 heteroatoms. The van der Waals surface area contributed by atoms with Crippen molar-refractivity contribution in [2.75, 3.05) is 4.72 Å². The van der Waals surface area contributed by atoms with Gasteiger partial charge in [0.1, 0.15) is 4.90 Å². The Morgan fingerprint density at radius 3 is 2.20 bits per heavy atom. The number of sulfonamides is 1. The third kappa shape index (κ3) is 6.47. The predicted octanol–water partition coefficient (Wildman–Crippen LogP) is 5.70. The molecule has 0 aliphatic heterocycles. The third-order valence-electron chi connectivity index (χ3n) is 4.53. The average Bonchev–Trinajstić information content (AvgIpc) is 2.54. The standard InChI is InChI=1S/C23H31ClN2O3S/c1-15-8-11-19(16(2)12-15)26-30(28,29)20-13-17(9-10-18(20)24)21(27)25-23(6,7)14-22(3,4)5/h8-13,26H,14H2,1-7H3,(H,25,27). The summed E-state index contributed by atoms with van der Waals surface area (Å²) >= 11 is 6.19. The number of carbonyl (C=O) groups excluding carboxylic acids is 1. The molecular formula is C23H31ClN2O3S. The number of amides is 1. The Bertz CT molecular complexity index is 1050. The van der Waals surface area contributed by atoms with Crippen molar-refractivity contribution in [3.63, 3.8) is 0 Å². The van der Waals surface area contributed by atoms with Crippen molar-refractivity contribution < 1.29 is 13.2 Å². The Morgan fingerprint density at radius 2 is 1.63 bits per heavy atom. The minimum atomic E-state index is -3.97. The van der Waals surface area contributed by atoms with E-state index in [1.807, 2.05) is 39.8 Å². The van der Waals surface area contributed by atoms with E-state index in [1.165, 1.54) is 18.2 Å². The van der Waals surface area contributed by atoms with Crippen LogP contribution >= 0.6 is 11.6 Å². The normalized spacial score (nSPS) is 12.5. The van der Waals surface area contributed by atoms with Gasteiger partial charge in [0, 0.05) is 11.1 Å². The van der Waals surface area contributed by atoms with Crippen LogP contribution in [0, 0.1) is 19.3 Å². The lowest BCUT2D eigenvalue weighted by Crippen LogP contribution is -2.45. The topological polar surface area (TPSA) is 75.3 Å². The first-order chi connectivity index (χ1) is 13.6. The maximum atomic E-state index is 13.0. The minimum absolute atomic E-state index is 0.0289. The van der Waals surface area contributed by atoms with Gasteiger partial charge in [-0.15, -0.1) is 0 Å². The van der Waals surface area contributed by atoms with Crippen LogP contribution in [0.15, 0.2) is 41.3 Å². The Morgan fingerprint density at radius 1 is 1.00 bits per heavy atom. The Kier molecular flexibility index (Phi) is 6.94. The first kappa shape index (κ1) is 24.2. The molecule has 30 heavy (non-hydrogen) atoms. The van der Waals surface area contributed by atoms with Crippen LogP contribution in [-0.4, -0.2) is 19.9 Å². The Balaban J connectivity index is 2.32. The van der Waals surface area contributed by atoms with E-state index in [-0.39, 0.29) is 26.8 Å². The second-order valence-electron chi connectivity index (χ2n) is 9.64. The lowest BCUT2D eigenvalue weighted by Gasteiger charge is -2.33. The molecule has 1 amide bonds. The van der Waals surface area contributed by atoms with Crippen molar-refractivity contribution in [3.8, 4) is 0 Å². The van der Waals surface area contributed by atoms with Crippen molar-refractivity contribution >= 4 is 33.2 Å². The number of rotatable bonds is 6. The molecule has 0 heterocycles. The van der Waals surface area contributed by atoms with E-state index in [9.17, 15) is 13.2 Å². The first-order valence-corrected chi connectivity index (χ1v) is 11.7. The second-order valence-corrected chi connectivity index (χ2v) is 11.7. The number of carbonyl (C=O) groups is 1. The van der Waals surface area contributed by atoms with E-state index in [0.717, 1.165) is 17.5 Å². The van der Waals surface area contributed by atoms with Crippen LogP contribution in [0.5, 0.6) is 0 Å². The monoisotopic (exact) mass is 450 g/mol. The van der Waals surface area contributed by atoms with Crippen molar-refractivity contribution in [2.45, 2.75) is 65.3 Å². The van der Waals surface area contributed by atoms with E-state index < -0.39 is 15.6 Å². The maximum Gasteiger partial charge on any atom is 0.263 e. The quantitative estimate of drug-likeness (QED) is 0.592. The maximum absolute atomic E-state index is 13.0. The van der Waals surface area contributed by atoms with Crippen LogP contribution in [0.3, 0.4) is 0 Å². The van der Waals surface area contributed by atoms with E-state index in [2.05, 4.69) is 30.8 Å². The molecule has 2 rings (SSSR count). The Labute approximate surface area is 185 Å². The largest absolute Gasteiger partial charge is 0.347 e. The molecule has 2 aromatic rings. The van der Waals surface area contributed by atoms with Crippen molar-refractivity contribution in [1.29, 1.82) is 0 Å².